The lowest BCUT2D eigenvalue weighted by Gasteiger charge is -2.29. The molecule has 2 saturated heterocycles. The minimum atomic E-state index is -0.733. The average Bonchev–Trinajstić information content (AvgIpc) is 3.33. The van der Waals surface area contributed by atoms with E-state index in [1.165, 1.54) is 0 Å². The Kier molecular flexibility index (Phi) is 5.29. The molecule has 29 heavy (non-hydrogen) atoms. The second-order valence-electron chi connectivity index (χ2n) is 8.80. The molecular weight excluding hydrogens is 370 g/mol. The van der Waals surface area contributed by atoms with E-state index >= 15 is 0 Å². The molecule has 0 radical (unpaired) electrons. The van der Waals surface area contributed by atoms with Crippen molar-refractivity contribution in [2.45, 2.75) is 46.1 Å². The second kappa shape index (κ2) is 7.74. The maximum absolute atomic E-state index is 11.3. The standard InChI is InChI=1S/C21H29N5O3/c1-14(2)20-24-17(11-29-20)10-25-8-16-9-26(19-15(3)22-6-7-23-19)13-21(16,12-25)5-4-18(27)28/h6-7,11,14,16H,4-5,8-10,12-13H2,1-3H3,(H,27,28). The maximum atomic E-state index is 11.3. The first-order valence-electron chi connectivity index (χ1n) is 10.3. The summed E-state index contributed by atoms with van der Waals surface area (Å²) in [6, 6.07) is 0. The van der Waals surface area contributed by atoms with Crippen LogP contribution in [0.4, 0.5) is 5.82 Å². The SMILES string of the molecule is Cc1nccnc1N1CC2CN(Cc3coc(C(C)C)n3)CC2(CCC(=O)O)C1. The Morgan fingerprint density at radius 2 is 2.10 bits per heavy atom. The van der Waals surface area contributed by atoms with E-state index in [1.807, 2.05) is 6.92 Å². The smallest absolute Gasteiger partial charge is 0.303 e. The van der Waals surface area contributed by atoms with Gasteiger partial charge in [0.2, 0.25) is 0 Å². The second-order valence-corrected chi connectivity index (χ2v) is 8.80. The molecule has 2 atom stereocenters. The number of rotatable bonds is 7. The van der Waals surface area contributed by atoms with Crippen LogP contribution in [-0.2, 0) is 11.3 Å². The van der Waals surface area contributed by atoms with Gasteiger partial charge in [0.1, 0.15) is 12.1 Å². The van der Waals surface area contributed by atoms with Crippen LogP contribution in [-0.4, -0.2) is 57.1 Å². The van der Waals surface area contributed by atoms with Crippen molar-refractivity contribution in [1.82, 2.24) is 19.9 Å². The number of hydrogen-bond donors (Lipinski definition) is 1. The Bertz CT molecular complexity index is 883. The predicted molar refractivity (Wildman–Crippen MR) is 108 cm³/mol. The molecule has 156 valence electrons. The monoisotopic (exact) mass is 399 g/mol. The maximum Gasteiger partial charge on any atom is 0.303 e. The number of oxazole rings is 1. The zero-order valence-corrected chi connectivity index (χ0v) is 17.3. The van der Waals surface area contributed by atoms with Crippen molar-refractivity contribution >= 4 is 11.8 Å². The summed E-state index contributed by atoms with van der Waals surface area (Å²) in [4.78, 5) is 29.5. The molecule has 4 heterocycles. The van der Waals surface area contributed by atoms with Crippen LogP contribution in [0.5, 0.6) is 0 Å². The highest BCUT2D eigenvalue weighted by Gasteiger charge is 2.52. The largest absolute Gasteiger partial charge is 0.481 e. The van der Waals surface area contributed by atoms with E-state index in [0.29, 0.717) is 12.3 Å². The lowest BCUT2D eigenvalue weighted by atomic mass is 9.77. The van der Waals surface area contributed by atoms with E-state index in [0.717, 1.165) is 55.8 Å². The predicted octanol–water partition coefficient (Wildman–Crippen LogP) is 2.70. The number of carbonyl (C=O) groups is 1. The van der Waals surface area contributed by atoms with Gasteiger partial charge in [-0.1, -0.05) is 13.8 Å². The van der Waals surface area contributed by atoms with Crippen LogP contribution in [0.1, 0.15) is 49.9 Å². The van der Waals surface area contributed by atoms with Gasteiger partial charge in [-0.2, -0.15) is 0 Å². The van der Waals surface area contributed by atoms with Gasteiger partial charge in [-0.15, -0.1) is 0 Å². The third-order valence-electron chi connectivity index (χ3n) is 6.27. The average molecular weight is 399 g/mol. The number of carboxylic acids is 1. The molecule has 2 aliphatic rings. The first-order valence-corrected chi connectivity index (χ1v) is 10.3. The third-order valence-corrected chi connectivity index (χ3v) is 6.27. The van der Waals surface area contributed by atoms with Crippen molar-refractivity contribution in [3.05, 3.63) is 35.9 Å². The lowest BCUT2D eigenvalue weighted by molar-refractivity contribution is -0.137. The molecule has 0 aliphatic carbocycles. The molecule has 4 rings (SSSR count). The molecule has 2 aromatic rings. The van der Waals surface area contributed by atoms with Crippen LogP contribution in [0, 0.1) is 18.3 Å². The summed E-state index contributed by atoms with van der Waals surface area (Å²) >= 11 is 0. The number of anilines is 1. The third kappa shape index (κ3) is 3.99. The molecular formula is C21H29N5O3. The van der Waals surface area contributed by atoms with Gasteiger partial charge in [0.05, 0.1) is 11.4 Å². The van der Waals surface area contributed by atoms with Gasteiger partial charge in [0.15, 0.2) is 5.89 Å². The van der Waals surface area contributed by atoms with Crippen molar-refractivity contribution in [2.24, 2.45) is 11.3 Å². The molecule has 8 heteroatoms. The van der Waals surface area contributed by atoms with Crippen LogP contribution < -0.4 is 4.90 Å². The Morgan fingerprint density at radius 1 is 1.31 bits per heavy atom. The molecule has 0 spiro atoms. The number of nitrogens with zero attached hydrogens (tertiary/aromatic N) is 5. The van der Waals surface area contributed by atoms with E-state index in [2.05, 4.69) is 38.6 Å². The van der Waals surface area contributed by atoms with Gasteiger partial charge in [-0.05, 0) is 19.3 Å². The number of likely N-dealkylation sites (tertiary alicyclic amines) is 1. The molecule has 0 aromatic carbocycles. The van der Waals surface area contributed by atoms with Crippen LogP contribution in [0.2, 0.25) is 0 Å². The first kappa shape index (κ1) is 19.8. The van der Waals surface area contributed by atoms with Crippen molar-refractivity contribution in [1.29, 1.82) is 0 Å². The summed E-state index contributed by atoms with van der Waals surface area (Å²) in [6.45, 7) is 10.3. The molecule has 0 amide bonds. The van der Waals surface area contributed by atoms with Crippen LogP contribution in [0.3, 0.4) is 0 Å². The highest BCUT2D eigenvalue weighted by molar-refractivity contribution is 5.66. The number of carboxylic acid groups (broad SMARTS) is 1. The zero-order valence-electron chi connectivity index (χ0n) is 17.3. The number of fused-ring (bicyclic) bond motifs is 1. The number of hydrogen-bond acceptors (Lipinski definition) is 7. The highest BCUT2D eigenvalue weighted by Crippen LogP contribution is 2.47. The van der Waals surface area contributed by atoms with E-state index in [9.17, 15) is 9.90 Å². The van der Waals surface area contributed by atoms with Gasteiger partial charge in [0, 0.05) is 62.9 Å². The molecule has 2 aromatic heterocycles. The molecule has 2 aliphatic heterocycles. The lowest BCUT2D eigenvalue weighted by Crippen LogP contribution is -2.35. The summed E-state index contributed by atoms with van der Waals surface area (Å²) < 4.78 is 5.58. The fourth-order valence-corrected chi connectivity index (χ4v) is 4.89. The van der Waals surface area contributed by atoms with Gasteiger partial charge < -0.3 is 14.4 Å². The molecule has 2 fully saturated rings. The van der Waals surface area contributed by atoms with Gasteiger partial charge in [0.25, 0.3) is 0 Å². The van der Waals surface area contributed by atoms with Crippen LogP contribution in [0.15, 0.2) is 23.1 Å². The molecule has 8 nitrogen and oxygen atoms in total. The summed E-state index contributed by atoms with van der Waals surface area (Å²) in [5.41, 5.74) is 1.82. The Hall–Kier alpha value is -2.48. The van der Waals surface area contributed by atoms with E-state index in [1.54, 1.807) is 18.7 Å². The summed E-state index contributed by atoms with van der Waals surface area (Å²) in [5.74, 6) is 1.63. The summed E-state index contributed by atoms with van der Waals surface area (Å²) in [5, 5.41) is 9.30. The van der Waals surface area contributed by atoms with Gasteiger partial charge in [-0.25, -0.2) is 9.97 Å². The van der Waals surface area contributed by atoms with Crippen molar-refractivity contribution in [3.63, 3.8) is 0 Å². The number of aromatic nitrogens is 3. The summed E-state index contributed by atoms with van der Waals surface area (Å²) in [7, 11) is 0. The van der Waals surface area contributed by atoms with Gasteiger partial charge >= 0.3 is 5.97 Å². The van der Waals surface area contributed by atoms with E-state index in [4.69, 9.17) is 4.42 Å². The Labute approximate surface area is 171 Å². The quantitative estimate of drug-likeness (QED) is 0.759. The normalized spacial score (nSPS) is 24.4. The topological polar surface area (TPSA) is 95.6 Å². The minimum Gasteiger partial charge on any atom is -0.481 e. The van der Waals surface area contributed by atoms with Crippen LogP contribution in [0.25, 0.3) is 0 Å². The number of aliphatic carboxylic acids is 1. The molecule has 0 saturated carbocycles. The Morgan fingerprint density at radius 3 is 2.79 bits per heavy atom. The fraction of sp³-hybridized carbons (Fsp3) is 0.619. The van der Waals surface area contributed by atoms with E-state index in [-0.39, 0.29) is 17.8 Å². The summed E-state index contributed by atoms with van der Waals surface area (Å²) in [6.07, 6.45) is 6.06. The molecule has 1 N–H and O–H groups in total. The number of aryl methyl sites for hydroxylation is 1. The highest BCUT2D eigenvalue weighted by atomic mass is 16.4. The first-order chi connectivity index (χ1) is 13.9. The molecule has 0 bridgehead atoms. The van der Waals surface area contributed by atoms with Crippen molar-refractivity contribution < 1.29 is 14.3 Å². The molecule has 2 unspecified atom stereocenters. The van der Waals surface area contributed by atoms with Crippen LogP contribution >= 0.6 is 0 Å². The van der Waals surface area contributed by atoms with Crippen molar-refractivity contribution in [2.75, 3.05) is 31.1 Å². The van der Waals surface area contributed by atoms with Crippen molar-refractivity contribution in [3.8, 4) is 0 Å². The van der Waals surface area contributed by atoms with E-state index < -0.39 is 5.97 Å². The Balaban J connectivity index is 1.50. The fourth-order valence-electron chi connectivity index (χ4n) is 4.89. The van der Waals surface area contributed by atoms with Gasteiger partial charge in [-0.3, -0.25) is 14.7 Å². The minimum absolute atomic E-state index is 0.0486. The zero-order chi connectivity index (χ0) is 20.6.